The molecule has 0 spiro atoms. The van der Waals surface area contributed by atoms with Gasteiger partial charge in [-0.3, -0.25) is 9.78 Å². The lowest BCUT2D eigenvalue weighted by atomic mass is 9.95. The average Bonchev–Trinajstić information content (AvgIpc) is 3.19. The fourth-order valence-electron chi connectivity index (χ4n) is 3.41. The zero-order valence-electron chi connectivity index (χ0n) is 14.2. The molecule has 1 N–H and O–H groups in total. The summed E-state index contributed by atoms with van der Waals surface area (Å²) in [6.45, 7) is 2.03. The third-order valence-electron chi connectivity index (χ3n) is 4.78. The van der Waals surface area contributed by atoms with Crippen molar-refractivity contribution in [1.82, 2.24) is 15.3 Å². The van der Waals surface area contributed by atoms with Gasteiger partial charge in [0.05, 0.1) is 12.1 Å². The highest BCUT2D eigenvalue weighted by molar-refractivity contribution is 7.09. The molecule has 1 saturated heterocycles. The number of hydrogen-bond donors (Lipinski definition) is 1. The number of thiazole rings is 1. The van der Waals surface area contributed by atoms with Crippen LogP contribution in [0.25, 0.3) is 10.9 Å². The van der Waals surface area contributed by atoms with E-state index in [1.165, 1.54) is 12.1 Å². The minimum absolute atomic E-state index is 0.0102. The molecule has 5 nitrogen and oxygen atoms in total. The molecule has 1 aromatic carbocycles. The number of amides is 1. The Morgan fingerprint density at radius 1 is 1.23 bits per heavy atom. The van der Waals surface area contributed by atoms with Crippen LogP contribution in [-0.4, -0.2) is 29.0 Å². The summed E-state index contributed by atoms with van der Waals surface area (Å²) in [5, 5.41) is 6.62. The van der Waals surface area contributed by atoms with Crippen LogP contribution in [0.5, 0.6) is 0 Å². The van der Waals surface area contributed by atoms with E-state index in [9.17, 15) is 9.18 Å². The Labute approximate surface area is 154 Å². The van der Waals surface area contributed by atoms with Crippen molar-refractivity contribution in [1.29, 1.82) is 0 Å². The molecule has 1 fully saturated rings. The van der Waals surface area contributed by atoms with Gasteiger partial charge in [-0.15, -0.1) is 11.3 Å². The summed E-state index contributed by atoms with van der Waals surface area (Å²) in [5.41, 5.74) is 1.77. The van der Waals surface area contributed by atoms with Crippen LogP contribution in [0.3, 0.4) is 0 Å². The molecule has 0 atom stereocenters. The van der Waals surface area contributed by atoms with Crippen LogP contribution in [0.15, 0.2) is 42.0 Å². The Morgan fingerprint density at radius 2 is 2.08 bits per heavy atom. The molecule has 0 bridgehead atoms. The van der Waals surface area contributed by atoms with Crippen molar-refractivity contribution >= 4 is 33.8 Å². The van der Waals surface area contributed by atoms with Crippen LogP contribution in [0.1, 0.15) is 17.8 Å². The largest absolute Gasteiger partial charge is 0.371 e. The van der Waals surface area contributed by atoms with Crippen LogP contribution >= 0.6 is 11.3 Å². The molecular weight excluding hydrogens is 351 g/mol. The second-order valence-electron chi connectivity index (χ2n) is 6.40. The maximum absolute atomic E-state index is 13.6. The Morgan fingerprint density at radius 3 is 2.85 bits per heavy atom. The standard InChI is InChI=1S/C19H19FN4OS/c20-14-1-2-16-15(11-14)17(3-6-21-16)24-8-4-13(5-9-24)19(25)23-12-18-22-7-10-26-18/h1-3,6-7,10-11,13H,4-5,8-9,12H2,(H,23,25). The summed E-state index contributed by atoms with van der Waals surface area (Å²) in [7, 11) is 0. The number of aromatic nitrogens is 2. The topological polar surface area (TPSA) is 58.1 Å². The van der Waals surface area contributed by atoms with Gasteiger partial charge in [0.15, 0.2) is 0 Å². The van der Waals surface area contributed by atoms with Crippen molar-refractivity contribution in [3.05, 3.63) is 52.9 Å². The van der Waals surface area contributed by atoms with Gasteiger partial charge in [-0.2, -0.15) is 0 Å². The van der Waals surface area contributed by atoms with Gasteiger partial charge in [-0.05, 0) is 37.1 Å². The molecule has 3 heterocycles. The molecule has 1 aliphatic heterocycles. The molecule has 4 rings (SSSR count). The summed E-state index contributed by atoms with van der Waals surface area (Å²) in [5.74, 6) is -0.162. The third-order valence-corrected chi connectivity index (χ3v) is 5.56. The first-order valence-electron chi connectivity index (χ1n) is 8.66. The molecule has 0 aliphatic carbocycles. The molecule has 26 heavy (non-hydrogen) atoms. The first-order chi connectivity index (χ1) is 12.7. The fourth-order valence-corrected chi connectivity index (χ4v) is 3.97. The van der Waals surface area contributed by atoms with E-state index >= 15 is 0 Å². The molecule has 0 saturated carbocycles. The Kier molecular flexibility index (Phi) is 4.79. The van der Waals surface area contributed by atoms with Crippen LogP contribution in [0.2, 0.25) is 0 Å². The quantitative estimate of drug-likeness (QED) is 0.765. The highest BCUT2D eigenvalue weighted by atomic mass is 32.1. The second-order valence-corrected chi connectivity index (χ2v) is 7.38. The number of nitrogens with one attached hydrogen (secondary N) is 1. The lowest BCUT2D eigenvalue weighted by molar-refractivity contribution is -0.125. The number of carbonyl (C=O) groups excluding carboxylic acids is 1. The van der Waals surface area contributed by atoms with Crippen molar-refractivity contribution in [2.45, 2.75) is 19.4 Å². The van der Waals surface area contributed by atoms with Gasteiger partial charge in [0.2, 0.25) is 5.91 Å². The number of carbonyl (C=O) groups is 1. The molecule has 0 radical (unpaired) electrons. The van der Waals surface area contributed by atoms with Gasteiger partial charge in [0, 0.05) is 47.9 Å². The van der Waals surface area contributed by atoms with Crippen LogP contribution in [0, 0.1) is 11.7 Å². The van der Waals surface area contributed by atoms with Crippen molar-refractivity contribution < 1.29 is 9.18 Å². The number of halogens is 1. The van der Waals surface area contributed by atoms with Gasteiger partial charge in [0.25, 0.3) is 0 Å². The first-order valence-corrected chi connectivity index (χ1v) is 9.54. The lowest BCUT2D eigenvalue weighted by Crippen LogP contribution is -2.40. The van der Waals surface area contributed by atoms with Gasteiger partial charge in [-0.25, -0.2) is 9.37 Å². The molecule has 1 amide bonds. The van der Waals surface area contributed by atoms with E-state index in [1.54, 1.807) is 29.8 Å². The SMILES string of the molecule is O=C(NCc1nccs1)C1CCN(c2ccnc3ccc(F)cc23)CC1. The predicted octanol–water partition coefficient (Wildman–Crippen LogP) is 3.36. The average molecular weight is 370 g/mol. The maximum atomic E-state index is 13.6. The normalized spacial score (nSPS) is 15.3. The smallest absolute Gasteiger partial charge is 0.223 e. The van der Waals surface area contributed by atoms with Gasteiger partial charge in [-0.1, -0.05) is 0 Å². The number of benzene rings is 1. The highest BCUT2D eigenvalue weighted by Gasteiger charge is 2.25. The molecule has 0 unspecified atom stereocenters. The lowest BCUT2D eigenvalue weighted by Gasteiger charge is -2.33. The van der Waals surface area contributed by atoms with Gasteiger partial charge < -0.3 is 10.2 Å². The molecule has 1 aliphatic rings. The zero-order valence-corrected chi connectivity index (χ0v) is 15.0. The summed E-state index contributed by atoms with van der Waals surface area (Å²) in [6, 6.07) is 6.58. The second kappa shape index (κ2) is 7.37. The van der Waals surface area contributed by atoms with Crippen LogP contribution in [-0.2, 0) is 11.3 Å². The highest BCUT2D eigenvalue weighted by Crippen LogP contribution is 2.29. The van der Waals surface area contributed by atoms with E-state index in [0.29, 0.717) is 6.54 Å². The third kappa shape index (κ3) is 3.53. The van der Waals surface area contributed by atoms with Crippen molar-refractivity contribution in [2.75, 3.05) is 18.0 Å². The van der Waals surface area contributed by atoms with Crippen molar-refractivity contribution in [3.63, 3.8) is 0 Å². The van der Waals surface area contributed by atoms with E-state index in [4.69, 9.17) is 0 Å². The minimum atomic E-state index is -0.261. The zero-order chi connectivity index (χ0) is 17.9. The number of fused-ring (bicyclic) bond motifs is 1. The monoisotopic (exact) mass is 370 g/mol. The van der Waals surface area contributed by atoms with E-state index < -0.39 is 0 Å². The summed E-state index contributed by atoms with van der Waals surface area (Å²) in [6.07, 6.45) is 5.06. The first kappa shape index (κ1) is 16.9. The Bertz CT molecular complexity index is 907. The fraction of sp³-hybridized carbons (Fsp3) is 0.316. The van der Waals surface area contributed by atoms with Crippen LogP contribution < -0.4 is 10.2 Å². The van der Waals surface area contributed by atoms with E-state index in [1.807, 2.05) is 11.4 Å². The number of rotatable bonds is 4. The number of pyridine rings is 1. The number of anilines is 1. The van der Waals surface area contributed by atoms with Gasteiger partial charge in [0.1, 0.15) is 10.8 Å². The molecule has 7 heteroatoms. The Balaban J connectivity index is 1.40. The number of nitrogens with zero attached hydrogens (tertiary/aromatic N) is 3. The minimum Gasteiger partial charge on any atom is -0.371 e. The summed E-state index contributed by atoms with van der Waals surface area (Å²) < 4.78 is 13.6. The summed E-state index contributed by atoms with van der Waals surface area (Å²) in [4.78, 5) is 23.1. The van der Waals surface area contributed by atoms with E-state index in [2.05, 4.69) is 20.2 Å². The molecule has 3 aromatic rings. The maximum Gasteiger partial charge on any atom is 0.223 e. The van der Waals surface area contributed by atoms with Crippen molar-refractivity contribution in [3.8, 4) is 0 Å². The predicted molar refractivity (Wildman–Crippen MR) is 101 cm³/mol. The van der Waals surface area contributed by atoms with E-state index in [-0.39, 0.29) is 17.6 Å². The van der Waals surface area contributed by atoms with E-state index in [0.717, 1.165) is 47.5 Å². The summed E-state index contributed by atoms with van der Waals surface area (Å²) >= 11 is 1.54. The van der Waals surface area contributed by atoms with Crippen molar-refractivity contribution in [2.24, 2.45) is 5.92 Å². The van der Waals surface area contributed by atoms with Crippen LogP contribution in [0.4, 0.5) is 10.1 Å². The number of hydrogen-bond acceptors (Lipinski definition) is 5. The molecule has 2 aromatic heterocycles. The molecule has 134 valence electrons. The van der Waals surface area contributed by atoms with Gasteiger partial charge >= 0.3 is 0 Å². The Hall–Kier alpha value is -2.54. The number of piperidine rings is 1. The molecular formula is C19H19FN4OS.